The van der Waals surface area contributed by atoms with Gasteiger partial charge in [0.1, 0.15) is 0 Å². The first-order valence-corrected chi connectivity index (χ1v) is 7.40. The van der Waals surface area contributed by atoms with E-state index in [4.69, 9.17) is 5.73 Å². The molecule has 84 valence electrons. The fourth-order valence-corrected chi connectivity index (χ4v) is 3.58. The van der Waals surface area contributed by atoms with Crippen molar-refractivity contribution in [1.29, 1.82) is 0 Å². The van der Waals surface area contributed by atoms with Crippen molar-refractivity contribution in [2.45, 2.75) is 12.5 Å². The Hall–Kier alpha value is -0.160. The molecule has 1 nitrogen and oxygen atoms in total. The first-order chi connectivity index (χ1) is 7.65. The third-order valence-electron chi connectivity index (χ3n) is 2.35. The first-order valence-electron chi connectivity index (χ1n) is 4.88. The molecule has 0 radical (unpaired) electrons. The van der Waals surface area contributed by atoms with E-state index in [9.17, 15) is 0 Å². The molecule has 1 aromatic heterocycles. The van der Waals surface area contributed by atoms with Crippen LogP contribution < -0.4 is 5.73 Å². The van der Waals surface area contributed by atoms with Crippen LogP contribution in [0.25, 0.3) is 0 Å². The van der Waals surface area contributed by atoms with E-state index in [1.165, 1.54) is 5.56 Å². The second-order valence-corrected chi connectivity index (χ2v) is 6.26. The van der Waals surface area contributed by atoms with Crippen molar-refractivity contribution >= 4 is 43.2 Å². The number of hydrogen-bond donors (Lipinski definition) is 1. The number of hydrogen-bond acceptors (Lipinski definition) is 2. The maximum Gasteiger partial charge on any atom is 0.0336 e. The third kappa shape index (κ3) is 3.17. The summed E-state index contributed by atoms with van der Waals surface area (Å²) in [6.45, 7) is 0. The largest absolute Gasteiger partial charge is 0.324 e. The SMILES string of the molecule is NC(Cc1ccsc1)c1cc(Br)cc(Br)c1. The Bertz CT molecular complexity index is 448. The highest BCUT2D eigenvalue weighted by atomic mass is 79.9. The molecule has 2 N–H and O–H groups in total. The Morgan fingerprint density at radius 3 is 2.44 bits per heavy atom. The van der Waals surface area contributed by atoms with Crippen LogP contribution in [-0.2, 0) is 6.42 Å². The molecule has 1 aromatic carbocycles. The molecule has 0 bridgehead atoms. The molecule has 0 spiro atoms. The highest BCUT2D eigenvalue weighted by Crippen LogP contribution is 2.25. The highest BCUT2D eigenvalue weighted by Gasteiger charge is 2.09. The fourth-order valence-electron chi connectivity index (χ4n) is 1.57. The minimum atomic E-state index is 0.0448. The maximum atomic E-state index is 6.19. The van der Waals surface area contributed by atoms with Gasteiger partial charge in [-0.25, -0.2) is 0 Å². The molecule has 0 amide bonds. The lowest BCUT2D eigenvalue weighted by atomic mass is 10.0. The summed E-state index contributed by atoms with van der Waals surface area (Å²) in [7, 11) is 0. The zero-order chi connectivity index (χ0) is 11.5. The third-order valence-corrected chi connectivity index (χ3v) is 4.00. The summed E-state index contributed by atoms with van der Waals surface area (Å²) in [6, 6.07) is 8.32. The van der Waals surface area contributed by atoms with Gasteiger partial charge < -0.3 is 5.73 Å². The lowest BCUT2D eigenvalue weighted by Crippen LogP contribution is -2.12. The van der Waals surface area contributed by atoms with Crippen LogP contribution in [-0.4, -0.2) is 0 Å². The van der Waals surface area contributed by atoms with Gasteiger partial charge in [-0.3, -0.25) is 0 Å². The molecule has 0 aliphatic carbocycles. The van der Waals surface area contributed by atoms with Crippen molar-refractivity contribution in [3.63, 3.8) is 0 Å². The lowest BCUT2D eigenvalue weighted by Gasteiger charge is -2.12. The summed E-state index contributed by atoms with van der Waals surface area (Å²) < 4.78 is 2.11. The van der Waals surface area contributed by atoms with E-state index in [0.29, 0.717) is 0 Å². The summed E-state index contributed by atoms with van der Waals surface area (Å²) in [5, 5.41) is 4.23. The van der Waals surface area contributed by atoms with Gasteiger partial charge in [0.25, 0.3) is 0 Å². The van der Waals surface area contributed by atoms with E-state index in [2.05, 4.69) is 60.8 Å². The van der Waals surface area contributed by atoms with Crippen molar-refractivity contribution < 1.29 is 0 Å². The molecule has 1 atom stereocenters. The van der Waals surface area contributed by atoms with Crippen LogP contribution in [0.2, 0.25) is 0 Å². The maximum absolute atomic E-state index is 6.19. The number of rotatable bonds is 3. The molecule has 0 aliphatic heterocycles. The van der Waals surface area contributed by atoms with Gasteiger partial charge in [0.05, 0.1) is 0 Å². The van der Waals surface area contributed by atoms with Crippen molar-refractivity contribution in [2.75, 3.05) is 0 Å². The predicted molar refractivity (Wildman–Crippen MR) is 76.8 cm³/mol. The molecule has 0 fully saturated rings. The molecule has 0 saturated carbocycles. The van der Waals surface area contributed by atoms with Gasteiger partial charge >= 0.3 is 0 Å². The molecule has 4 heteroatoms. The van der Waals surface area contributed by atoms with Crippen LogP contribution in [0.5, 0.6) is 0 Å². The molecular formula is C12H11Br2NS. The number of thiophene rings is 1. The van der Waals surface area contributed by atoms with Gasteiger partial charge in [0.2, 0.25) is 0 Å². The van der Waals surface area contributed by atoms with E-state index in [0.717, 1.165) is 20.9 Å². The Kier molecular flexibility index (Phi) is 4.19. The standard InChI is InChI=1S/C12H11Br2NS/c13-10-4-9(5-11(14)6-10)12(15)3-8-1-2-16-7-8/h1-2,4-7,12H,3,15H2. The summed E-state index contributed by atoms with van der Waals surface area (Å²) >= 11 is 8.66. The summed E-state index contributed by atoms with van der Waals surface area (Å²) in [5.41, 5.74) is 8.63. The minimum Gasteiger partial charge on any atom is -0.324 e. The van der Waals surface area contributed by atoms with Gasteiger partial charge in [-0.15, -0.1) is 0 Å². The Balaban J connectivity index is 2.17. The van der Waals surface area contributed by atoms with Crippen LogP contribution in [0.3, 0.4) is 0 Å². The molecule has 1 unspecified atom stereocenters. The summed E-state index contributed by atoms with van der Waals surface area (Å²) in [5.74, 6) is 0. The smallest absolute Gasteiger partial charge is 0.0336 e. The van der Waals surface area contributed by atoms with Gasteiger partial charge in [-0.2, -0.15) is 11.3 Å². The van der Waals surface area contributed by atoms with E-state index >= 15 is 0 Å². The van der Waals surface area contributed by atoms with Crippen LogP contribution in [0.1, 0.15) is 17.2 Å². The second kappa shape index (κ2) is 5.45. The molecule has 0 saturated heterocycles. The van der Waals surface area contributed by atoms with Crippen molar-refractivity contribution in [3.05, 3.63) is 55.1 Å². The molecular weight excluding hydrogens is 350 g/mol. The quantitative estimate of drug-likeness (QED) is 0.855. The van der Waals surface area contributed by atoms with E-state index < -0.39 is 0 Å². The van der Waals surface area contributed by atoms with Gasteiger partial charge in [-0.05, 0) is 52.6 Å². The molecule has 0 aliphatic rings. The van der Waals surface area contributed by atoms with E-state index in [1.54, 1.807) is 11.3 Å². The highest BCUT2D eigenvalue weighted by molar-refractivity contribution is 9.11. The Labute approximate surface area is 116 Å². The average molecular weight is 361 g/mol. The van der Waals surface area contributed by atoms with Gasteiger partial charge in [0, 0.05) is 15.0 Å². The molecule has 2 aromatic rings. The zero-order valence-electron chi connectivity index (χ0n) is 8.49. The molecule has 2 rings (SSSR count). The monoisotopic (exact) mass is 359 g/mol. The van der Waals surface area contributed by atoms with Crippen molar-refractivity contribution in [1.82, 2.24) is 0 Å². The van der Waals surface area contributed by atoms with Crippen LogP contribution in [0.15, 0.2) is 44.0 Å². The van der Waals surface area contributed by atoms with Gasteiger partial charge in [0.15, 0.2) is 0 Å². The van der Waals surface area contributed by atoms with Crippen molar-refractivity contribution in [2.24, 2.45) is 5.73 Å². The number of benzene rings is 1. The Morgan fingerprint density at radius 2 is 1.88 bits per heavy atom. The zero-order valence-corrected chi connectivity index (χ0v) is 12.5. The average Bonchev–Trinajstić information content (AvgIpc) is 2.68. The first kappa shape index (κ1) is 12.3. The molecule has 1 heterocycles. The predicted octanol–water partition coefficient (Wildman–Crippen LogP) is 4.52. The Morgan fingerprint density at radius 1 is 1.19 bits per heavy atom. The van der Waals surface area contributed by atoms with Crippen LogP contribution >= 0.6 is 43.2 Å². The number of halogens is 2. The summed E-state index contributed by atoms with van der Waals surface area (Å²) in [4.78, 5) is 0. The van der Waals surface area contributed by atoms with Crippen molar-refractivity contribution in [3.8, 4) is 0 Å². The molecule has 16 heavy (non-hydrogen) atoms. The normalized spacial score (nSPS) is 12.7. The van der Waals surface area contributed by atoms with Crippen LogP contribution in [0.4, 0.5) is 0 Å². The van der Waals surface area contributed by atoms with Crippen LogP contribution in [0, 0.1) is 0 Å². The number of nitrogens with two attached hydrogens (primary N) is 1. The summed E-state index contributed by atoms with van der Waals surface area (Å²) in [6.07, 6.45) is 0.881. The van der Waals surface area contributed by atoms with Gasteiger partial charge in [-0.1, -0.05) is 31.9 Å². The fraction of sp³-hybridized carbons (Fsp3) is 0.167. The second-order valence-electron chi connectivity index (χ2n) is 3.64. The lowest BCUT2D eigenvalue weighted by molar-refractivity contribution is 0.723. The van der Waals surface area contributed by atoms with E-state index in [1.807, 2.05) is 6.07 Å². The minimum absolute atomic E-state index is 0.0448. The van der Waals surface area contributed by atoms with E-state index in [-0.39, 0.29) is 6.04 Å². The topological polar surface area (TPSA) is 26.0 Å².